The van der Waals surface area contributed by atoms with Gasteiger partial charge in [-0.05, 0) is 24.7 Å². The van der Waals surface area contributed by atoms with Gasteiger partial charge in [-0.15, -0.1) is 0 Å². The van der Waals surface area contributed by atoms with Crippen molar-refractivity contribution in [2.75, 3.05) is 0 Å². The Kier molecular flexibility index (Phi) is 2.49. The Balaban J connectivity index is 2.42. The fraction of sp³-hybridized carbons (Fsp3) is 0.875. The molecule has 3 N–H and O–H groups in total. The quantitative estimate of drug-likeness (QED) is 0.604. The molecule has 0 aromatic carbocycles. The van der Waals surface area contributed by atoms with Gasteiger partial charge in [0.05, 0.1) is 6.10 Å². The number of carbonyl (C=O) groups excluding carboxylic acids is 1. The maximum Gasteiger partial charge on any atom is 0.217 e. The van der Waals surface area contributed by atoms with Crippen LogP contribution in [0, 0.1) is 11.8 Å². The second-order valence-electron chi connectivity index (χ2n) is 3.43. The van der Waals surface area contributed by atoms with Gasteiger partial charge < -0.3 is 10.8 Å². The van der Waals surface area contributed by atoms with Crippen LogP contribution in [0.25, 0.3) is 0 Å². The lowest BCUT2D eigenvalue weighted by Gasteiger charge is -2.14. The number of carbonyl (C=O) groups is 1. The summed E-state index contributed by atoms with van der Waals surface area (Å²) in [6.07, 6.45) is 1.96. The fourth-order valence-corrected chi connectivity index (χ4v) is 1.77. The maximum absolute atomic E-state index is 10.5. The number of rotatable bonds is 2. The van der Waals surface area contributed by atoms with Crippen LogP contribution in [0.2, 0.25) is 0 Å². The molecule has 64 valence electrons. The molecule has 3 atom stereocenters. The van der Waals surface area contributed by atoms with Crippen molar-refractivity contribution in [1.82, 2.24) is 0 Å². The first-order valence-electron chi connectivity index (χ1n) is 4.07. The van der Waals surface area contributed by atoms with Crippen LogP contribution in [0.15, 0.2) is 0 Å². The molecule has 1 rings (SSSR count). The zero-order valence-corrected chi connectivity index (χ0v) is 6.79. The van der Waals surface area contributed by atoms with Gasteiger partial charge >= 0.3 is 0 Å². The van der Waals surface area contributed by atoms with Crippen LogP contribution in [-0.4, -0.2) is 17.1 Å². The number of amides is 1. The molecule has 0 bridgehead atoms. The minimum absolute atomic E-state index is 0.223. The van der Waals surface area contributed by atoms with Crippen molar-refractivity contribution in [3.05, 3.63) is 0 Å². The number of aliphatic hydroxyl groups is 1. The predicted octanol–water partition coefficient (Wildman–Crippen LogP) is 0.269. The normalized spacial score (nSPS) is 37.5. The van der Waals surface area contributed by atoms with Gasteiger partial charge in [0.15, 0.2) is 0 Å². The van der Waals surface area contributed by atoms with Crippen LogP contribution >= 0.6 is 0 Å². The van der Waals surface area contributed by atoms with Crippen molar-refractivity contribution in [2.45, 2.75) is 32.3 Å². The molecular weight excluding hydrogens is 142 g/mol. The number of primary amides is 1. The average Bonchev–Trinajstić information content (AvgIpc) is 2.18. The van der Waals surface area contributed by atoms with Crippen molar-refractivity contribution in [3.63, 3.8) is 0 Å². The molecule has 0 aromatic heterocycles. The average molecular weight is 157 g/mol. The first-order chi connectivity index (χ1) is 5.11. The summed E-state index contributed by atoms with van der Waals surface area (Å²) in [5.41, 5.74) is 5.06. The van der Waals surface area contributed by atoms with Gasteiger partial charge in [-0.25, -0.2) is 0 Å². The molecule has 1 aliphatic carbocycles. The van der Waals surface area contributed by atoms with Crippen LogP contribution in [0.5, 0.6) is 0 Å². The molecule has 1 aliphatic rings. The van der Waals surface area contributed by atoms with E-state index in [1.165, 1.54) is 0 Å². The summed E-state index contributed by atoms with van der Waals surface area (Å²) in [7, 11) is 0. The minimum atomic E-state index is -0.254. The van der Waals surface area contributed by atoms with E-state index in [2.05, 4.69) is 0 Å². The van der Waals surface area contributed by atoms with Gasteiger partial charge in [0, 0.05) is 6.42 Å². The second-order valence-corrected chi connectivity index (χ2v) is 3.43. The van der Waals surface area contributed by atoms with E-state index in [1.807, 2.05) is 6.92 Å². The van der Waals surface area contributed by atoms with Gasteiger partial charge in [-0.1, -0.05) is 6.92 Å². The zero-order chi connectivity index (χ0) is 8.43. The van der Waals surface area contributed by atoms with Crippen LogP contribution in [0.1, 0.15) is 26.2 Å². The van der Waals surface area contributed by atoms with Gasteiger partial charge in [0.1, 0.15) is 0 Å². The van der Waals surface area contributed by atoms with E-state index in [0.29, 0.717) is 12.3 Å². The van der Waals surface area contributed by atoms with Crippen molar-refractivity contribution in [3.8, 4) is 0 Å². The van der Waals surface area contributed by atoms with Crippen molar-refractivity contribution in [2.24, 2.45) is 17.6 Å². The molecule has 1 fully saturated rings. The van der Waals surface area contributed by atoms with Crippen LogP contribution in [-0.2, 0) is 4.79 Å². The summed E-state index contributed by atoms with van der Waals surface area (Å²) in [6.45, 7) is 1.98. The summed E-state index contributed by atoms with van der Waals surface area (Å²) >= 11 is 0. The molecule has 3 nitrogen and oxygen atoms in total. The molecule has 0 aromatic rings. The van der Waals surface area contributed by atoms with E-state index in [-0.39, 0.29) is 17.9 Å². The van der Waals surface area contributed by atoms with E-state index >= 15 is 0 Å². The molecule has 0 saturated heterocycles. The van der Waals surface area contributed by atoms with Crippen molar-refractivity contribution >= 4 is 5.91 Å². The van der Waals surface area contributed by atoms with Gasteiger partial charge in [0.2, 0.25) is 5.91 Å². The first-order valence-corrected chi connectivity index (χ1v) is 4.07. The Morgan fingerprint density at radius 2 is 2.27 bits per heavy atom. The second kappa shape index (κ2) is 3.22. The highest BCUT2D eigenvalue weighted by atomic mass is 16.3. The first kappa shape index (κ1) is 8.53. The van der Waals surface area contributed by atoms with E-state index in [4.69, 9.17) is 5.73 Å². The molecule has 3 heteroatoms. The molecule has 0 aliphatic heterocycles. The van der Waals surface area contributed by atoms with E-state index in [1.54, 1.807) is 0 Å². The molecule has 1 amide bonds. The molecule has 0 spiro atoms. The van der Waals surface area contributed by atoms with E-state index in [0.717, 1.165) is 12.8 Å². The Hall–Kier alpha value is -0.570. The van der Waals surface area contributed by atoms with E-state index in [9.17, 15) is 9.90 Å². The zero-order valence-electron chi connectivity index (χ0n) is 6.79. The number of nitrogens with two attached hydrogens (primary N) is 1. The highest BCUT2D eigenvalue weighted by Crippen LogP contribution is 2.33. The van der Waals surface area contributed by atoms with Crippen molar-refractivity contribution in [1.29, 1.82) is 0 Å². The summed E-state index contributed by atoms with van der Waals surface area (Å²) in [6, 6.07) is 0. The number of aliphatic hydroxyl groups excluding tert-OH is 1. The lowest BCUT2D eigenvalue weighted by molar-refractivity contribution is -0.119. The highest BCUT2D eigenvalue weighted by molar-refractivity contribution is 5.74. The highest BCUT2D eigenvalue weighted by Gasteiger charge is 2.31. The lowest BCUT2D eigenvalue weighted by Crippen LogP contribution is -2.21. The third-order valence-electron chi connectivity index (χ3n) is 2.65. The van der Waals surface area contributed by atoms with Crippen molar-refractivity contribution < 1.29 is 9.90 Å². The maximum atomic E-state index is 10.5. The molecule has 3 unspecified atom stereocenters. The Bertz CT molecular complexity index is 158. The van der Waals surface area contributed by atoms with Crippen LogP contribution < -0.4 is 5.73 Å². The predicted molar refractivity (Wildman–Crippen MR) is 41.7 cm³/mol. The number of hydrogen-bond acceptors (Lipinski definition) is 2. The van der Waals surface area contributed by atoms with Gasteiger partial charge in [-0.2, -0.15) is 0 Å². The summed E-state index contributed by atoms with van der Waals surface area (Å²) in [5.74, 6) is 0.293. The number of hydrogen-bond donors (Lipinski definition) is 2. The summed E-state index contributed by atoms with van der Waals surface area (Å²) in [4.78, 5) is 10.5. The largest absolute Gasteiger partial charge is 0.393 e. The SMILES string of the molecule is CC1C(O)CCC1CC(N)=O. The molecule has 11 heavy (non-hydrogen) atoms. The Labute approximate surface area is 66.6 Å². The Morgan fingerprint density at radius 3 is 2.64 bits per heavy atom. The molecule has 1 saturated carbocycles. The summed E-state index contributed by atoms with van der Waals surface area (Å²) < 4.78 is 0. The van der Waals surface area contributed by atoms with Crippen LogP contribution in [0.4, 0.5) is 0 Å². The van der Waals surface area contributed by atoms with Crippen LogP contribution in [0.3, 0.4) is 0 Å². The fourth-order valence-electron chi connectivity index (χ4n) is 1.77. The third-order valence-corrected chi connectivity index (χ3v) is 2.65. The summed E-state index contributed by atoms with van der Waals surface area (Å²) in [5, 5.41) is 9.33. The monoisotopic (exact) mass is 157 g/mol. The van der Waals surface area contributed by atoms with Gasteiger partial charge in [-0.3, -0.25) is 4.79 Å². The van der Waals surface area contributed by atoms with Gasteiger partial charge in [0.25, 0.3) is 0 Å². The minimum Gasteiger partial charge on any atom is -0.393 e. The molecule has 0 radical (unpaired) electrons. The Morgan fingerprint density at radius 1 is 1.64 bits per heavy atom. The standard InChI is InChI=1S/C8H15NO2/c1-5-6(4-8(9)11)2-3-7(5)10/h5-7,10H,2-4H2,1H3,(H2,9,11). The topological polar surface area (TPSA) is 63.3 Å². The van der Waals surface area contributed by atoms with E-state index < -0.39 is 0 Å². The molecule has 0 heterocycles. The third kappa shape index (κ3) is 1.93. The molecular formula is C8H15NO2. The lowest BCUT2D eigenvalue weighted by atomic mass is 9.93. The smallest absolute Gasteiger partial charge is 0.217 e.